The summed E-state index contributed by atoms with van der Waals surface area (Å²) in [7, 11) is 0. The van der Waals surface area contributed by atoms with Crippen LogP contribution in [0.15, 0.2) is 132 Å². The molecule has 0 N–H and O–H groups in total. The molecule has 0 aliphatic carbocycles. The van der Waals surface area contributed by atoms with Crippen molar-refractivity contribution < 1.29 is 4.42 Å². The highest BCUT2D eigenvalue weighted by Gasteiger charge is 2.20. The smallest absolute Gasteiger partial charge is 0.164 e. The van der Waals surface area contributed by atoms with Crippen LogP contribution in [0.5, 0.6) is 0 Å². The molecule has 41 heavy (non-hydrogen) atoms. The zero-order valence-electron chi connectivity index (χ0n) is 21.9. The van der Waals surface area contributed by atoms with Crippen molar-refractivity contribution in [3.63, 3.8) is 0 Å². The molecule has 0 aliphatic rings. The lowest BCUT2D eigenvalue weighted by Crippen LogP contribution is -2.00. The second kappa shape index (κ2) is 8.44. The highest BCUT2D eigenvalue weighted by Crippen LogP contribution is 2.46. The van der Waals surface area contributed by atoms with E-state index < -0.39 is 0 Å². The van der Waals surface area contributed by atoms with E-state index in [0.717, 1.165) is 38.6 Å². The topological polar surface area (TPSA) is 51.8 Å². The van der Waals surface area contributed by atoms with E-state index in [1.54, 1.807) is 0 Å². The van der Waals surface area contributed by atoms with Gasteiger partial charge in [-0.3, -0.25) is 0 Å². The molecule has 9 aromatic rings. The molecule has 0 spiro atoms. The third-order valence-corrected chi connectivity index (χ3v) is 8.05. The lowest BCUT2D eigenvalue weighted by molar-refractivity contribution is 0.670. The van der Waals surface area contributed by atoms with Crippen LogP contribution in [0.1, 0.15) is 0 Å². The second-order valence-corrected chi connectivity index (χ2v) is 10.4. The van der Waals surface area contributed by atoms with Gasteiger partial charge >= 0.3 is 0 Å². The molecule has 7 aromatic carbocycles. The molecule has 0 amide bonds. The average Bonchev–Trinajstić information content (AvgIpc) is 3.42. The molecule has 9 rings (SSSR count). The molecular weight excluding hydrogens is 502 g/mol. The molecule has 4 heteroatoms. The predicted molar refractivity (Wildman–Crippen MR) is 167 cm³/mol. The van der Waals surface area contributed by atoms with Crippen molar-refractivity contribution in [2.24, 2.45) is 0 Å². The number of hydrogen-bond donors (Lipinski definition) is 0. The minimum atomic E-state index is 0.646. The van der Waals surface area contributed by atoms with Crippen LogP contribution in [0.4, 0.5) is 0 Å². The minimum Gasteiger partial charge on any atom is -0.456 e. The van der Waals surface area contributed by atoms with Crippen molar-refractivity contribution in [1.82, 2.24) is 15.0 Å². The maximum absolute atomic E-state index is 6.40. The Morgan fingerprint density at radius 1 is 0.366 bits per heavy atom. The van der Waals surface area contributed by atoms with Crippen molar-refractivity contribution in [3.05, 3.63) is 127 Å². The fraction of sp³-hybridized carbons (Fsp3) is 0. The number of fused-ring (bicyclic) bond motifs is 5. The standard InChI is InChI=1S/C37H21N3O/c1-3-10-22(11-4-1)35-38-36(23-12-5-2-6-13-23)40-37(39-35)25-18-19-27-28-16-9-17-30-33(28)34-31(41-30)21-24-14-7-8-15-26(24)32(34)29(27)20-25/h1-21H. The summed E-state index contributed by atoms with van der Waals surface area (Å²) < 4.78 is 6.40. The Morgan fingerprint density at radius 3 is 1.73 bits per heavy atom. The molecule has 0 atom stereocenters. The number of aromatic nitrogens is 3. The van der Waals surface area contributed by atoms with Crippen LogP contribution in [0.3, 0.4) is 0 Å². The third-order valence-electron chi connectivity index (χ3n) is 8.05. The summed E-state index contributed by atoms with van der Waals surface area (Å²) >= 11 is 0. The van der Waals surface area contributed by atoms with Crippen LogP contribution in [-0.4, -0.2) is 15.0 Å². The first-order valence-electron chi connectivity index (χ1n) is 13.7. The van der Waals surface area contributed by atoms with Crippen LogP contribution in [-0.2, 0) is 0 Å². The summed E-state index contributed by atoms with van der Waals surface area (Å²) in [5, 5.41) is 9.46. The molecule has 2 aromatic heterocycles. The molecule has 0 unspecified atom stereocenters. The van der Waals surface area contributed by atoms with Crippen molar-refractivity contribution >= 4 is 54.3 Å². The van der Waals surface area contributed by atoms with Gasteiger partial charge in [0, 0.05) is 32.8 Å². The molecule has 4 nitrogen and oxygen atoms in total. The van der Waals surface area contributed by atoms with E-state index in [1.165, 1.54) is 32.3 Å². The van der Waals surface area contributed by atoms with Gasteiger partial charge in [-0.05, 0) is 45.1 Å². The van der Waals surface area contributed by atoms with Gasteiger partial charge in [-0.1, -0.05) is 109 Å². The van der Waals surface area contributed by atoms with Gasteiger partial charge in [0.15, 0.2) is 17.5 Å². The number of nitrogens with zero attached hydrogens (tertiary/aromatic N) is 3. The van der Waals surface area contributed by atoms with E-state index in [2.05, 4.69) is 66.7 Å². The summed E-state index contributed by atoms with van der Waals surface area (Å²) in [6.07, 6.45) is 0. The number of benzene rings is 7. The first-order valence-corrected chi connectivity index (χ1v) is 13.7. The van der Waals surface area contributed by atoms with E-state index in [1.807, 2.05) is 60.7 Å². The van der Waals surface area contributed by atoms with Gasteiger partial charge in [0.2, 0.25) is 0 Å². The molecule has 190 valence electrons. The van der Waals surface area contributed by atoms with Gasteiger partial charge in [0.05, 0.1) is 0 Å². The number of rotatable bonds is 3. The molecule has 0 bridgehead atoms. The van der Waals surface area contributed by atoms with Gasteiger partial charge in [-0.2, -0.15) is 0 Å². The van der Waals surface area contributed by atoms with E-state index in [0.29, 0.717) is 17.5 Å². The fourth-order valence-electron chi connectivity index (χ4n) is 6.21. The summed E-state index contributed by atoms with van der Waals surface area (Å²) in [6.45, 7) is 0. The van der Waals surface area contributed by atoms with Crippen molar-refractivity contribution in [2.45, 2.75) is 0 Å². The Bertz CT molecular complexity index is 2350. The van der Waals surface area contributed by atoms with Crippen molar-refractivity contribution in [1.29, 1.82) is 0 Å². The second-order valence-electron chi connectivity index (χ2n) is 10.4. The largest absolute Gasteiger partial charge is 0.456 e. The van der Waals surface area contributed by atoms with Gasteiger partial charge in [0.25, 0.3) is 0 Å². The Kier molecular flexibility index (Phi) is 4.58. The first kappa shape index (κ1) is 22.2. The maximum Gasteiger partial charge on any atom is 0.164 e. The lowest BCUT2D eigenvalue weighted by atomic mass is 9.90. The predicted octanol–water partition coefficient (Wildman–Crippen LogP) is 9.67. The summed E-state index contributed by atoms with van der Waals surface area (Å²) in [6, 6.07) is 43.8. The number of furan rings is 1. The molecule has 2 heterocycles. The first-order chi connectivity index (χ1) is 20.3. The van der Waals surface area contributed by atoms with Crippen LogP contribution in [0, 0.1) is 0 Å². The normalized spacial score (nSPS) is 11.9. The minimum absolute atomic E-state index is 0.646. The Hall–Kier alpha value is -5.61. The van der Waals surface area contributed by atoms with E-state index in [-0.39, 0.29) is 0 Å². The zero-order chi connectivity index (χ0) is 26.9. The Labute approximate surface area is 234 Å². The average molecular weight is 524 g/mol. The van der Waals surface area contributed by atoms with Gasteiger partial charge in [-0.25, -0.2) is 15.0 Å². The lowest BCUT2D eigenvalue weighted by Gasteiger charge is -2.13. The van der Waals surface area contributed by atoms with E-state index in [9.17, 15) is 0 Å². The van der Waals surface area contributed by atoms with E-state index in [4.69, 9.17) is 19.4 Å². The highest BCUT2D eigenvalue weighted by atomic mass is 16.3. The molecule has 0 saturated heterocycles. The molecular formula is C37H21N3O. The zero-order valence-corrected chi connectivity index (χ0v) is 21.9. The molecule has 0 aliphatic heterocycles. The Balaban J connectivity index is 1.39. The van der Waals surface area contributed by atoms with Crippen molar-refractivity contribution in [3.8, 4) is 34.2 Å². The summed E-state index contributed by atoms with van der Waals surface area (Å²) in [5.74, 6) is 1.96. The van der Waals surface area contributed by atoms with Crippen LogP contribution < -0.4 is 0 Å². The van der Waals surface area contributed by atoms with Gasteiger partial charge in [-0.15, -0.1) is 0 Å². The highest BCUT2D eigenvalue weighted by molar-refractivity contribution is 6.38. The fourth-order valence-corrected chi connectivity index (χ4v) is 6.21. The summed E-state index contributed by atoms with van der Waals surface area (Å²) in [4.78, 5) is 14.9. The van der Waals surface area contributed by atoms with Crippen molar-refractivity contribution in [2.75, 3.05) is 0 Å². The summed E-state index contributed by atoms with van der Waals surface area (Å²) in [5.41, 5.74) is 4.69. The quantitative estimate of drug-likeness (QED) is 0.216. The van der Waals surface area contributed by atoms with Crippen LogP contribution >= 0.6 is 0 Å². The monoisotopic (exact) mass is 523 g/mol. The molecule has 0 saturated carbocycles. The van der Waals surface area contributed by atoms with Crippen LogP contribution in [0.2, 0.25) is 0 Å². The molecule has 0 fully saturated rings. The third kappa shape index (κ3) is 3.31. The van der Waals surface area contributed by atoms with Gasteiger partial charge < -0.3 is 4.42 Å². The molecule has 0 radical (unpaired) electrons. The Morgan fingerprint density at radius 2 is 1.00 bits per heavy atom. The van der Waals surface area contributed by atoms with E-state index >= 15 is 0 Å². The SMILES string of the molecule is c1ccc(-c2nc(-c3ccccc3)nc(-c3ccc4c5cccc6oc7cc8ccccc8c(c4c3)c7c65)n2)cc1. The van der Waals surface area contributed by atoms with Crippen LogP contribution in [0.25, 0.3) is 88.4 Å². The number of hydrogen-bond acceptors (Lipinski definition) is 4. The maximum atomic E-state index is 6.40. The van der Waals surface area contributed by atoms with Gasteiger partial charge in [0.1, 0.15) is 11.2 Å².